The van der Waals surface area contributed by atoms with Gasteiger partial charge in [-0.2, -0.15) is 0 Å². The molecule has 184 valence electrons. The molecule has 2 N–H and O–H groups in total. The number of thiazole rings is 1. The summed E-state index contributed by atoms with van der Waals surface area (Å²) in [6.07, 6.45) is 5.03. The number of aromatic nitrogens is 2. The fourth-order valence-electron chi connectivity index (χ4n) is 4.76. The standard InChI is InChI=1S/C26H28ClN3O4S/c1-34-18-4-5-22-20(13-18)25(21(27)16-29-22)23(31)6-7-26(14-24(32)33)8-11-30(12-9-26)10-2-3-19-15-28-17-35-19/h4-5,13,15-17,23,31H,6-12,14H2,1H3,(H,32,33)/t23-/m0/s1. The van der Waals surface area contributed by atoms with Gasteiger partial charge in [0.05, 0.1) is 53.3 Å². The Bertz CT molecular complexity index is 1230. The third-order valence-electron chi connectivity index (χ3n) is 6.74. The highest BCUT2D eigenvalue weighted by molar-refractivity contribution is 7.10. The van der Waals surface area contributed by atoms with Gasteiger partial charge in [-0.15, -0.1) is 11.3 Å². The number of piperidine rings is 1. The number of hydrogen-bond acceptors (Lipinski definition) is 7. The lowest BCUT2D eigenvalue weighted by atomic mass is 9.71. The number of nitrogens with zero attached hydrogens (tertiary/aromatic N) is 3. The molecule has 3 aromatic rings. The van der Waals surface area contributed by atoms with Crippen molar-refractivity contribution < 1.29 is 19.7 Å². The van der Waals surface area contributed by atoms with E-state index < -0.39 is 12.1 Å². The lowest BCUT2D eigenvalue weighted by molar-refractivity contribution is -0.141. The van der Waals surface area contributed by atoms with Gasteiger partial charge in [-0.3, -0.25) is 19.7 Å². The van der Waals surface area contributed by atoms with Gasteiger partial charge >= 0.3 is 5.97 Å². The zero-order chi connectivity index (χ0) is 24.8. The fraction of sp³-hybridized carbons (Fsp3) is 0.423. The quantitative estimate of drug-likeness (QED) is 0.418. The molecule has 1 aromatic carbocycles. The van der Waals surface area contributed by atoms with Gasteiger partial charge in [0, 0.05) is 17.1 Å². The molecule has 0 spiro atoms. The number of carboxylic acid groups (broad SMARTS) is 1. The van der Waals surface area contributed by atoms with Crippen molar-refractivity contribution in [3.8, 4) is 17.6 Å². The molecule has 1 atom stereocenters. The van der Waals surface area contributed by atoms with E-state index in [9.17, 15) is 15.0 Å². The molecular weight excluding hydrogens is 486 g/mol. The second-order valence-electron chi connectivity index (χ2n) is 8.97. The van der Waals surface area contributed by atoms with Gasteiger partial charge in [-0.25, -0.2) is 0 Å². The van der Waals surface area contributed by atoms with Gasteiger partial charge in [0.2, 0.25) is 0 Å². The number of likely N-dealkylation sites (tertiary alicyclic amines) is 1. The molecule has 0 aliphatic carbocycles. The average Bonchev–Trinajstić information content (AvgIpc) is 3.36. The minimum Gasteiger partial charge on any atom is -0.497 e. The first kappa shape index (κ1) is 25.4. The summed E-state index contributed by atoms with van der Waals surface area (Å²) in [6.45, 7) is 2.19. The van der Waals surface area contributed by atoms with E-state index in [1.807, 2.05) is 18.2 Å². The van der Waals surface area contributed by atoms with Crippen LogP contribution in [0.4, 0.5) is 0 Å². The monoisotopic (exact) mass is 513 g/mol. The Morgan fingerprint density at radius 2 is 2.14 bits per heavy atom. The summed E-state index contributed by atoms with van der Waals surface area (Å²) >= 11 is 7.97. The van der Waals surface area contributed by atoms with Crippen LogP contribution >= 0.6 is 22.9 Å². The van der Waals surface area contributed by atoms with Gasteiger partial charge in [-0.1, -0.05) is 23.4 Å². The number of aliphatic hydroxyl groups is 1. The molecule has 7 nitrogen and oxygen atoms in total. The number of pyridine rings is 1. The number of carbonyl (C=O) groups is 1. The molecule has 3 heterocycles. The van der Waals surface area contributed by atoms with E-state index in [0.29, 0.717) is 35.7 Å². The van der Waals surface area contributed by atoms with Crippen molar-refractivity contribution >= 4 is 39.8 Å². The second kappa shape index (κ2) is 11.4. The lowest BCUT2D eigenvalue weighted by Crippen LogP contribution is -2.41. The SMILES string of the molecule is COc1ccc2ncc(Cl)c([C@@H](O)CCC3(CC(=O)O)CCN(CC#Cc4cncs4)CC3)c2c1. The number of fused-ring (bicyclic) bond motifs is 1. The molecule has 0 saturated carbocycles. The largest absolute Gasteiger partial charge is 0.497 e. The first-order chi connectivity index (χ1) is 16.9. The first-order valence-electron chi connectivity index (χ1n) is 11.5. The second-order valence-corrected chi connectivity index (χ2v) is 10.3. The molecule has 0 amide bonds. The molecule has 0 unspecified atom stereocenters. The predicted molar refractivity (Wildman–Crippen MR) is 137 cm³/mol. The Kier molecular flexibility index (Phi) is 8.24. The first-order valence-corrected chi connectivity index (χ1v) is 12.8. The van der Waals surface area contributed by atoms with Gasteiger partial charge < -0.3 is 14.9 Å². The summed E-state index contributed by atoms with van der Waals surface area (Å²) in [4.78, 5) is 23.3. The zero-order valence-electron chi connectivity index (χ0n) is 19.5. The van der Waals surface area contributed by atoms with E-state index in [-0.39, 0.29) is 11.8 Å². The van der Waals surface area contributed by atoms with E-state index in [0.717, 1.165) is 41.7 Å². The molecule has 2 aromatic heterocycles. The van der Waals surface area contributed by atoms with Crippen LogP contribution in [0.25, 0.3) is 10.9 Å². The number of aliphatic hydroxyl groups excluding tert-OH is 1. The number of rotatable bonds is 8. The van der Waals surface area contributed by atoms with Crippen LogP contribution in [0.3, 0.4) is 0 Å². The summed E-state index contributed by atoms with van der Waals surface area (Å²) in [5.41, 5.74) is 2.72. The third-order valence-corrected chi connectivity index (χ3v) is 7.73. The van der Waals surface area contributed by atoms with Gasteiger partial charge in [-0.05, 0) is 62.4 Å². The number of aliphatic carboxylic acids is 1. The Morgan fingerprint density at radius 1 is 1.34 bits per heavy atom. The van der Waals surface area contributed by atoms with Crippen LogP contribution in [0, 0.1) is 17.3 Å². The average molecular weight is 514 g/mol. The number of carboxylic acids is 1. The predicted octanol–water partition coefficient (Wildman–Crippen LogP) is 4.78. The van der Waals surface area contributed by atoms with Crippen LogP contribution in [0.1, 0.15) is 48.6 Å². The van der Waals surface area contributed by atoms with Crippen molar-refractivity contribution in [1.82, 2.24) is 14.9 Å². The van der Waals surface area contributed by atoms with Crippen LogP contribution in [-0.2, 0) is 4.79 Å². The highest BCUT2D eigenvalue weighted by Crippen LogP contribution is 2.43. The molecule has 4 rings (SSSR count). The maximum absolute atomic E-state index is 11.7. The molecule has 0 radical (unpaired) electrons. The number of ether oxygens (including phenoxy) is 1. The van der Waals surface area contributed by atoms with Crippen molar-refractivity contribution in [3.63, 3.8) is 0 Å². The number of hydrogen-bond donors (Lipinski definition) is 2. The van der Waals surface area contributed by atoms with Crippen LogP contribution in [0.2, 0.25) is 5.02 Å². The summed E-state index contributed by atoms with van der Waals surface area (Å²) < 4.78 is 5.34. The highest BCUT2D eigenvalue weighted by atomic mass is 35.5. The zero-order valence-corrected chi connectivity index (χ0v) is 21.1. The Balaban J connectivity index is 1.44. The summed E-state index contributed by atoms with van der Waals surface area (Å²) in [7, 11) is 1.59. The van der Waals surface area contributed by atoms with E-state index in [1.165, 1.54) is 11.3 Å². The lowest BCUT2D eigenvalue weighted by Gasteiger charge is -2.41. The number of benzene rings is 1. The minimum absolute atomic E-state index is 0.0821. The van der Waals surface area contributed by atoms with Crippen molar-refractivity contribution in [2.24, 2.45) is 5.41 Å². The van der Waals surface area contributed by atoms with Crippen LogP contribution < -0.4 is 4.74 Å². The van der Waals surface area contributed by atoms with E-state index in [4.69, 9.17) is 16.3 Å². The molecule has 1 aliphatic rings. The normalized spacial score (nSPS) is 16.4. The minimum atomic E-state index is -0.839. The molecule has 35 heavy (non-hydrogen) atoms. The summed E-state index contributed by atoms with van der Waals surface area (Å²) in [6, 6.07) is 5.47. The van der Waals surface area contributed by atoms with Crippen molar-refractivity contribution in [3.05, 3.63) is 51.6 Å². The van der Waals surface area contributed by atoms with E-state index >= 15 is 0 Å². The topological polar surface area (TPSA) is 95.8 Å². The van der Waals surface area contributed by atoms with Gasteiger partial charge in [0.15, 0.2) is 0 Å². The van der Waals surface area contributed by atoms with Crippen molar-refractivity contribution in [2.45, 2.75) is 38.2 Å². The Morgan fingerprint density at radius 3 is 2.83 bits per heavy atom. The third kappa shape index (κ3) is 6.30. The molecule has 1 fully saturated rings. The van der Waals surface area contributed by atoms with Crippen LogP contribution in [-0.4, -0.2) is 57.8 Å². The Hall–Kier alpha value is -2.70. The maximum atomic E-state index is 11.7. The highest BCUT2D eigenvalue weighted by Gasteiger charge is 2.37. The van der Waals surface area contributed by atoms with Crippen LogP contribution in [0.15, 0.2) is 36.1 Å². The summed E-state index contributed by atoms with van der Waals surface area (Å²) in [5.74, 6) is 6.16. The van der Waals surface area contributed by atoms with E-state index in [1.54, 1.807) is 25.0 Å². The summed E-state index contributed by atoms with van der Waals surface area (Å²) in [5, 5.41) is 21.9. The molecule has 0 bridgehead atoms. The maximum Gasteiger partial charge on any atom is 0.303 e. The Labute approximate surface area is 213 Å². The number of halogens is 1. The van der Waals surface area contributed by atoms with E-state index in [2.05, 4.69) is 26.7 Å². The molecule has 1 saturated heterocycles. The van der Waals surface area contributed by atoms with Gasteiger partial charge in [0.25, 0.3) is 0 Å². The fourth-order valence-corrected chi connectivity index (χ4v) is 5.52. The number of methoxy groups -OCH3 is 1. The van der Waals surface area contributed by atoms with Crippen molar-refractivity contribution in [1.29, 1.82) is 0 Å². The van der Waals surface area contributed by atoms with Crippen LogP contribution in [0.5, 0.6) is 5.75 Å². The molecular formula is C26H28ClN3O4S. The smallest absolute Gasteiger partial charge is 0.303 e. The van der Waals surface area contributed by atoms with Crippen molar-refractivity contribution in [2.75, 3.05) is 26.7 Å². The molecule has 1 aliphatic heterocycles. The molecule has 9 heteroatoms. The van der Waals surface area contributed by atoms with Gasteiger partial charge in [0.1, 0.15) is 5.75 Å².